The van der Waals surface area contributed by atoms with Crippen LogP contribution in [0.1, 0.15) is 19.3 Å². The molecule has 0 aromatic heterocycles. The van der Waals surface area contributed by atoms with Crippen molar-refractivity contribution in [3.8, 4) is 0 Å². The summed E-state index contributed by atoms with van der Waals surface area (Å²) in [6.45, 7) is 0. The van der Waals surface area contributed by atoms with Crippen LogP contribution >= 0.6 is 0 Å². The predicted octanol–water partition coefficient (Wildman–Crippen LogP) is 1.88. The van der Waals surface area contributed by atoms with E-state index in [1.54, 1.807) is 7.05 Å². The zero-order valence-electron chi connectivity index (χ0n) is 8.94. The first-order valence-electron chi connectivity index (χ1n) is 5.16. The highest BCUT2D eigenvalue weighted by Crippen LogP contribution is 2.13. The van der Waals surface area contributed by atoms with E-state index in [4.69, 9.17) is 5.11 Å². The summed E-state index contributed by atoms with van der Waals surface area (Å²) in [5, 5.41) is 11.6. The molecule has 0 aromatic carbocycles. The Morgan fingerprint density at radius 3 is 3.07 bits per heavy atom. The van der Waals surface area contributed by atoms with Crippen LogP contribution in [0.4, 0.5) is 0 Å². The van der Waals surface area contributed by atoms with Crippen LogP contribution in [-0.2, 0) is 4.79 Å². The van der Waals surface area contributed by atoms with E-state index in [0.29, 0.717) is 6.42 Å². The molecule has 0 saturated heterocycles. The number of hydrogen-bond acceptors (Lipinski definition) is 2. The zero-order valence-corrected chi connectivity index (χ0v) is 8.94. The zero-order chi connectivity index (χ0) is 11.1. The van der Waals surface area contributed by atoms with Crippen LogP contribution < -0.4 is 5.32 Å². The lowest BCUT2D eigenvalue weighted by Gasteiger charge is -2.10. The number of carboxylic acid groups (broad SMARTS) is 1. The summed E-state index contributed by atoms with van der Waals surface area (Å²) in [6, 6.07) is -0.449. The van der Waals surface area contributed by atoms with Gasteiger partial charge in [0.2, 0.25) is 0 Å². The monoisotopic (exact) mass is 207 g/mol. The van der Waals surface area contributed by atoms with E-state index in [2.05, 4.69) is 17.5 Å². The first-order valence-corrected chi connectivity index (χ1v) is 5.16. The average molecular weight is 207 g/mol. The summed E-state index contributed by atoms with van der Waals surface area (Å²) in [6.07, 6.45) is 12.6. The second kappa shape index (κ2) is 6.19. The Labute approximate surface area is 90.2 Å². The fourth-order valence-electron chi connectivity index (χ4n) is 1.51. The Bertz CT molecular complexity index is 303. The molecule has 3 nitrogen and oxygen atoms in total. The van der Waals surface area contributed by atoms with Gasteiger partial charge in [-0.1, -0.05) is 36.0 Å². The molecule has 0 aromatic rings. The smallest absolute Gasteiger partial charge is 0.320 e. The molecule has 1 unspecified atom stereocenters. The third kappa shape index (κ3) is 4.13. The largest absolute Gasteiger partial charge is 0.480 e. The van der Waals surface area contributed by atoms with Gasteiger partial charge < -0.3 is 10.4 Å². The van der Waals surface area contributed by atoms with Gasteiger partial charge in [-0.25, -0.2) is 0 Å². The Hall–Kier alpha value is -1.35. The topological polar surface area (TPSA) is 49.3 Å². The van der Waals surface area contributed by atoms with Crippen LogP contribution in [0.3, 0.4) is 0 Å². The van der Waals surface area contributed by atoms with E-state index >= 15 is 0 Å². The maximum Gasteiger partial charge on any atom is 0.320 e. The average Bonchev–Trinajstić information content (AvgIpc) is 2.46. The van der Waals surface area contributed by atoms with E-state index < -0.39 is 12.0 Å². The second-order valence-electron chi connectivity index (χ2n) is 3.52. The molecule has 3 heteroatoms. The summed E-state index contributed by atoms with van der Waals surface area (Å²) < 4.78 is 0. The van der Waals surface area contributed by atoms with Crippen LogP contribution in [0.15, 0.2) is 36.0 Å². The van der Waals surface area contributed by atoms with Crippen molar-refractivity contribution in [2.75, 3.05) is 7.05 Å². The molecule has 0 heterocycles. The van der Waals surface area contributed by atoms with Gasteiger partial charge in [-0.3, -0.25) is 4.79 Å². The van der Waals surface area contributed by atoms with Gasteiger partial charge in [-0.05, 0) is 26.3 Å². The van der Waals surface area contributed by atoms with Gasteiger partial charge in [-0.2, -0.15) is 0 Å². The molecular weight excluding hydrogens is 190 g/mol. The number of carbonyl (C=O) groups is 1. The van der Waals surface area contributed by atoms with Crippen LogP contribution in [-0.4, -0.2) is 24.2 Å². The first-order chi connectivity index (χ1) is 7.24. The predicted molar refractivity (Wildman–Crippen MR) is 60.7 cm³/mol. The molecular formula is C12H17NO2. The molecule has 1 atom stereocenters. The molecule has 82 valence electrons. The van der Waals surface area contributed by atoms with Gasteiger partial charge in [0, 0.05) is 0 Å². The lowest BCUT2D eigenvalue weighted by molar-refractivity contribution is -0.139. The Kier molecular flexibility index (Phi) is 4.84. The number of allylic oxidation sites excluding steroid dienone is 6. The fourth-order valence-corrected chi connectivity index (χ4v) is 1.51. The van der Waals surface area contributed by atoms with Crippen LogP contribution in [0.5, 0.6) is 0 Å². The highest BCUT2D eigenvalue weighted by molar-refractivity contribution is 5.73. The van der Waals surface area contributed by atoms with E-state index in [0.717, 1.165) is 12.8 Å². The molecule has 0 spiro atoms. The third-order valence-corrected chi connectivity index (χ3v) is 2.44. The Morgan fingerprint density at radius 2 is 2.40 bits per heavy atom. The normalized spacial score (nSPS) is 17.0. The van der Waals surface area contributed by atoms with E-state index in [1.807, 2.05) is 18.2 Å². The Morgan fingerprint density at radius 1 is 1.60 bits per heavy atom. The molecule has 0 bridgehead atoms. The van der Waals surface area contributed by atoms with Crippen molar-refractivity contribution in [3.05, 3.63) is 36.0 Å². The summed E-state index contributed by atoms with van der Waals surface area (Å²) in [5.74, 6) is -0.783. The molecule has 0 radical (unpaired) electrons. The molecule has 0 fully saturated rings. The van der Waals surface area contributed by atoms with Crippen molar-refractivity contribution in [1.29, 1.82) is 0 Å². The highest BCUT2D eigenvalue weighted by atomic mass is 16.4. The SMILES string of the molecule is CNC(CCC1=CCC=CC=C1)C(=O)O. The summed E-state index contributed by atoms with van der Waals surface area (Å²) in [5.41, 5.74) is 1.21. The first kappa shape index (κ1) is 11.7. The highest BCUT2D eigenvalue weighted by Gasteiger charge is 2.14. The molecule has 1 rings (SSSR count). The second-order valence-corrected chi connectivity index (χ2v) is 3.52. The minimum Gasteiger partial charge on any atom is -0.480 e. The van der Waals surface area contributed by atoms with Crippen molar-refractivity contribution in [2.45, 2.75) is 25.3 Å². The quantitative estimate of drug-likeness (QED) is 0.723. The van der Waals surface area contributed by atoms with Crippen molar-refractivity contribution < 1.29 is 9.90 Å². The van der Waals surface area contributed by atoms with Gasteiger partial charge in [0.15, 0.2) is 0 Å². The number of nitrogens with one attached hydrogen (secondary N) is 1. The molecule has 0 saturated carbocycles. The van der Waals surface area contributed by atoms with Crippen LogP contribution in [0.2, 0.25) is 0 Å². The van der Waals surface area contributed by atoms with Crippen LogP contribution in [0.25, 0.3) is 0 Å². The van der Waals surface area contributed by atoms with Gasteiger partial charge in [0.05, 0.1) is 0 Å². The summed E-state index contributed by atoms with van der Waals surface area (Å²) in [7, 11) is 1.68. The van der Waals surface area contributed by atoms with Gasteiger partial charge in [0.25, 0.3) is 0 Å². The summed E-state index contributed by atoms with van der Waals surface area (Å²) in [4.78, 5) is 10.8. The van der Waals surface area contributed by atoms with Crippen LogP contribution in [0, 0.1) is 0 Å². The van der Waals surface area contributed by atoms with Gasteiger partial charge >= 0.3 is 5.97 Å². The number of likely N-dealkylation sites (N-methyl/N-ethyl adjacent to an activating group) is 1. The molecule has 1 aliphatic rings. The number of hydrogen-bond donors (Lipinski definition) is 2. The van der Waals surface area contributed by atoms with Crippen molar-refractivity contribution in [1.82, 2.24) is 5.32 Å². The number of aliphatic carboxylic acids is 1. The number of carboxylic acids is 1. The van der Waals surface area contributed by atoms with Gasteiger partial charge in [0.1, 0.15) is 6.04 Å². The standard InChI is InChI=1S/C12H17NO2/c1-13-11(12(14)15)9-8-10-6-4-2-3-5-7-10/h2-4,6-7,11,13H,5,8-9H2,1H3,(H,14,15). The van der Waals surface area contributed by atoms with Crippen molar-refractivity contribution in [3.63, 3.8) is 0 Å². The minimum absolute atomic E-state index is 0.449. The molecule has 0 aliphatic heterocycles. The summed E-state index contributed by atoms with van der Waals surface area (Å²) >= 11 is 0. The van der Waals surface area contributed by atoms with Gasteiger partial charge in [-0.15, -0.1) is 0 Å². The number of rotatable bonds is 5. The minimum atomic E-state index is -0.783. The van der Waals surface area contributed by atoms with Crippen molar-refractivity contribution in [2.24, 2.45) is 0 Å². The molecule has 1 aliphatic carbocycles. The lowest BCUT2D eigenvalue weighted by atomic mass is 10.0. The van der Waals surface area contributed by atoms with E-state index in [-0.39, 0.29) is 0 Å². The Balaban J connectivity index is 2.42. The fraction of sp³-hybridized carbons (Fsp3) is 0.417. The van der Waals surface area contributed by atoms with E-state index in [1.165, 1.54) is 5.57 Å². The maximum atomic E-state index is 10.8. The maximum absolute atomic E-state index is 10.8. The molecule has 2 N–H and O–H groups in total. The lowest BCUT2D eigenvalue weighted by Crippen LogP contribution is -2.33. The molecule has 0 amide bonds. The van der Waals surface area contributed by atoms with E-state index in [9.17, 15) is 4.79 Å². The van der Waals surface area contributed by atoms with Crippen molar-refractivity contribution >= 4 is 5.97 Å². The molecule has 15 heavy (non-hydrogen) atoms. The third-order valence-electron chi connectivity index (χ3n) is 2.44.